The summed E-state index contributed by atoms with van der Waals surface area (Å²) in [7, 11) is 0. The van der Waals surface area contributed by atoms with Crippen molar-refractivity contribution in [2.75, 3.05) is 23.8 Å². The molecular formula is C39H33F4N9O3S2. The van der Waals surface area contributed by atoms with Crippen molar-refractivity contribution >= 4 is 54.9 Å². The van der Waals surface area contributed by atoms with E-state index in [0.29, 0.717) is 45.1 Å². The van der Waals surface area contributed by atoms with Crippen LogP contribution in [-0.4, -0.2) is 50.6 Å². The van der Waals surface area contributed by atoms with Crippen LogP contribution in [0.1, 0.15) is 62.7 Å². The van der Waals surface area contributed by atoms with Crippen LogP contribution in [0, 0.1) is 24.6 Å². The molecule has 1 unspecified atom stereocenters. The van der Waals surface area contributed by atoms with Gasteiger partial charge in [-0.25, -0.2) is 19.2 Å². The third kappa shape index (κ3) is 9.17. The average molecular weight is 816 g/mol. The molecule has 4 heterocycles. The van der Waals surface area contributed by atoms with Gasteiger partial charge in [0.15, 0.2) is 33.3 Å². The normalized spacial score (nSPS) is 13.5. The summed E-state index contributed by atoms with van der Waals surface area (Å²) in [5, 5.41) is 35.5. The lowest BCUT2D eigenvalue weighted by Crippen LogP contribution is -2.30. The SMILES string of the molecule is Cc1cc(CNc2nc(C(=O)O)c(CCCOc3ccc(C#CCNC(C)c4ccc(C5(C(F)(F)F)N=N5)cc4)cc3F)s2)nnc1Nc1nc2ccccc2s1. The first-order valence-electron chi connectivity index (χ1n) is 17.6. The highest BCUT2D eigenvalue weighted by molar-refractivity contribution is 7.22. The summed E-state index contributed by atoms with van der Waals surface area (Å²) in [6, 6.07) is 19.8. The number of aromatic carboxylic acids is 1. The standard InChI is InChI=1S/C39H33F4N9O3S2/c1-22-19-27(49-50-34(22)48-37-46-29-8-3-4-9-31(29)56-37)21-45-36-47-33(35(53)54)32(57-36)10-6-18-55-30-16-11-24(20-28(30)40)7-5-17-44-23(2)25-12-14-26(15-13-25)38(51-52-38)39(41,42)43/h3-4,8-9,11-16,19-20,23,44H,6,10,17-18,21H2,1-2H3,(H,45,47)(H,53,54)(H,46,48,50). The van der Waals surface area contributed by atoms with Crippen molar-refractivity contribution in [3.05, 3.63) is 117 Å². The number of alkyl halides is 3. The molecule has 12 nitrogen and oxygen atoms in total. The van der Waals surface area contributed by atoms with E-state index in [4.69, 9.17) is 4.74 Å². The molecule has 18 heteroatoms. The van der Waals surface area contributed by atoms with Gasteiger partial charge in [0.05, 0.1) is 35.6 Å². The molecule has 1 atom stereocenters. The van der Waals surface area contributed by atoms with Crippen LogP contribution in [0.25, 0.3) is 10.2 Å². The summed E-state index contributed by atoms with van der Waals surface area (Å²) in [6.07, 6.45) is -3.81. The van der Waals surface area contributed by atoms with E-state index in [0.717, 1.165) is 21.3 Å². The fourth-order valence-electron chi connectivity index (χ4n) is 5.73. The number of halogens is 4. The van der Waals surface area contributed by atoms with E-state index in [1.165, 1.54) is 46.9 Å². The molecule has 1 aliphatic rings. The number of ether oxygens (including phenoxy) is 1. The van der Waals surface area contributed by atoms with Crippen LogP contribution < -0.4 is 20.7 Å². The number of hydrogen-bond acceptors (Lipinski definition) is 13. The quantitative estimate of drug-likeness (QED) is 0.0448. The predicted molar refractivity (Wildman–Crippen MR) is 209 cm³/mol. The molecule has 0 radical (unpaired) electrons. The Morgan fingerprint density at radius 1 is 1.00 bits per heavy atom. The molecule has 0 bridgehead atoms. The zero-order chi connectivity index (χ0) is 40.2. The molecule has 1 aliphatic heterocycles. The Kier molecular flexibility index (Phi) is 11.4. The zero-order valence-electron chi connectivity index (χ0n) is 30.3. The Morgan fingerprint density at radius 2 is 1.79 bits per heavy atom. The first-order chi connectivity index (χ1) is 27.4. The van der Waals surface area contributed by atoms with Gasteiger partial charge in [-0.2, -0.15) is 18.3 Å². The van der Waals surface area contributed by atoms with Gasteiger partial charge in [0, 0.05) is 22.0 Å². The third-order valence-electron chi connectivity index (χ3n) is 8.85. The van der Waals surface area contributed by atoms with E-state index in [-0.39, 0.29) is 42.7 Å². The Bertz CT molecular complexity index is 2470. The van der Waals surface area contributed by atoms with Crippen molar-refractivity contribution in [1.29, 1.82) is 0 Å². The molecule has 3 aromatic carbocycles. The third-order valence-corrected chi connectivity index (χ3v) is 10.9. The highest BCUT2D eigenvalue weighted by Gasteiger charge is 2.65. The van der Waals surface area contributed by atoms with Crippen LogP contribution in [0.4, 0.5) is 33.6 Å². The van der Waals surface area contributed by atoms with Crippen LogP contribution in [0.3, 0.4) is 0 Å². The van der Waals surface area contributed by atoms with Gasteiger partial charge in [0.1, 0.15) is 0 Å². The van der Waals surface area contributed by atoms with E-state index in [1.54, 1.807) is 18.2 Å². The minimum atomic E-state index is -4.58. The number of fused-ring (bicyclic) bond motifs is 1. The fraction of sp³-hybridized carbons (Fsp3) is 0.256. The number of carbonyl (C=O) groups is 1. The second-order valence-electron chi connectivity index (χ2n) is 12.9. The molecule has 0 saturated carbocycles. The molecule has 0 spiro atoms. The highest BCUT2D eigenvalue weighted by Crippen LogP contribution is 2.52. The number of para-hydroxylation sites is 1. The molecule has 0 saturated heterocycles. The van der Waals surface area contributed by atoms with E-state index >= 15 is 0 Å². The first kappa shape index (κ1) is 39.2. The van der Waals surface area contributed by atoms with Crippen LogP contribution in [0.2, 0.25) is 0 Å². The molecule has 0 aliphatic carbocycles. The zero-order valence-corrected chi connectivity index (χ0v) is 31.9. The lowest BCUT2D eigenvalue weighted by atomic mass is 9.99. The Morgan fingerprint density at radius 3 is 2.49 bits per heavy atom. The largest absolute Gasteiger partial charge is 0.491 e. The van der Waals surface area contributed by atoms with Gasteiger partial charge >= 0.3 is 17.8 Å². The number of hydrogen-bond donors (Lipinski definition) is 4. The van der Waals surface area contributed by atoms with Crippen LogP contribution >= 0.6 is 22.7 Å². The lowest BCUT2D eigenvalue weighted by molar-refractivity contribution is -0.166. The monoisotopic (exact) mass is 815 g/mol. The average Bonchev–Trinajstić information content (AvgIpc) is 3.76. The van der Waals surface area contributed by atoms with E-state index < -0.39 is 23.6 Å². The number of carboxylic acid groups (broad SMARTS) is 1. The van der Waals surface area contributed by atoms with Crippen LogP contribution in [-0.2, 0) is 18.6 Å². The van der Waals surface area contributed by atoms with Gasteiger partial charge in [-0.05, 0) is 74.2 Å². The number of anilines is 3. The van der Waals surface area contributed by atoms with E-state index in [9.17, 15) is 27.5 Å². The highest BCUT2D eigenvalue weighted by atomic mass is 32.1. The van der Waals surface area contributed by atoms with Crippen molar-refractivity contribution < 1.29 is 32.2 Å². The first-order valence-corrected chi connectivity index (χ1v) is 19.2. The lowest BCUT2D eigenvalue weighted by Gasteiger charge is -2.17. The van der Waals surface area contributed by atoms with Crippen molar-refractivity contribution in [2.45, 2.75) is 51.1 Å². The Hall–Kier alpha value is -6.03. The molecule has 6 aromatic rings. The second kappa shape index (κ2) is 16.6. The number of aromatic nitrogens is 4. The van der Waals surface area contributed by atoms with Gasteiger partial charge in [-0.1, -0.05) is 59.6 Å². The summed E-state index contributed by atoms with van der Waals surface area (Å²) in [6.45, 7) is 4.42. The smallest absolute Gasteiger partial charge is 0.442 e. The van der Waals surface area contributed by atoms with Crippen molar-refractivity contribution in [2.24, 2.45) is 10.2 Å². The molecule has 292 valence electrons. The minimum absolute atomic E-state index is 0.0361. The van der Waals surface area contributed by atoms with Gasteiger partial charge in [-0.3, -0.25) is 5.32 Å². The topological polar surface area (TPSA) is 159 Å². The maximum absolute atomic E-state index is 14.8. The molecule has 3 aromatic heterocycles. The summed E-state index contributed by atoms with van der Waals surface area (Å²) >= 11 is 2.74. The molecule has 0 fully saturated rings. The number of thiazole rings is 2. The number of carboxylic acids is 1. The molecule has 57 heavy (non-hydrogen) atoms. The predicted octanol–water partition coefficient (Wildman–Crippen LogP) is 8.94. The minimum Gasteiger partial charge on any atom is -0.491 e. The summed E-state index contributed by atoms with van der Waals surface area (Å²) in [5.74, 6) is 4.69. The molecule has 4 N–H and O–H groups in total. The molecule has 0 amide bonds. The molecular weight excluding hydrogens is 783 g/mol. The molecule has 7 rings (SSSR count). The Balaban J connectivity index is 0.856. The van der Waals surface area contributed by atoms with Crippen LogP contribution in [0.15, 0.2) is 83.0 Å². The number of benzene rings is 3. The summed E-state index contributed by atoms with van der Waals surface area (Å²) in [4.78, 5) is 21.3. The fourth-order valence-corrected chi connectivity index (χ4v) is 7.59. The van der Waals surface area contributed by atoms with Crippen molar-refractivity contribution in [3.63, 3.8) is 0 Å². The number of aryl methyl sites for hydroxylation is 2. The van der Waals surface area contributed by atoms with E-state index in [2.05, 4.69) is 58.2 Å². The summed E-state index contributed by atoms with van der Waals surface area (Å²) < 4.78 is 61.3. The number of nitrogens with one attached hydrogen (secondary N) is 3. The Labute approximate surface area is 331 Å². The summed E-state index contributed by atoms with van der Waals surface area (Å²) in [5.41, 5.74) is 1.05. The number of rotatable bonds is 15. The van der Waals surface area contributed by atoms with Gasteiger partial charge in [0.2, 0.25) is 0 Å². The van der Waals surface area contributed by atoms with Crippen molar-refractivity contribution in [1.82, 2.24) is 25.5 Å². The van der Waals surface area contributed by atoms with Crippen LogP contribution in [0.5, 0.6) is 5.75 Å². The van der Waals surface area contributed by atoms with Gasteiger partial charge in [-0.15, -0.1) is 26.7 Å². The number of nitrogens with zero attached hydrogens (tertiary/aromatic N) is 6. The maximum Gasteiger partial charge on any atom is 0.442 e. The van der Waals surface area contributed by atoms with Crippen molar-refractivity contribution in [3.8, 4) is 17.6 Å². The maximum atomic E-state index is 14.8. The van der Waals surface area contributed by atoms with Gasteiger partial charge < -0.3 is 20.5 Å². The van der Waals surface area contributed by atoms with E-state index in [1.807, 2.05) is 44.2 Å². The van der Waals surface area contributed by atoms with Gasteiger partial charge in [0.25, 0.3) is 0 Å². The second-order valence-corrected chi connectivity index (χ2v) is 15.0.